The Kier molecular flexibility index (Phi) is 5.56. The molecule has 0 fully saturated rings. The van der Waals surface area contributed by atoms with Crippen LogP contribution in [0.15, 0.2) is 78.9 Å². The zero-order valence-corrected chi connectivity index (χ0v) is 16.0. The topological polar surface area (TPSA) is 64.3 Å². The Balaban J connectivity index is 1.59. The predicted molar refractivity (Wildman–Crippen MR) is 113 cm³/mol. The number of fused-ring (bicyclic) bond motifs is 1. The Labute approximate surface area is 169 Å². The first kappa shape index (κ1) is 18.7. The van der Waals surface area contributed by atoms with Crippen LogP contribution in [0.5, 0.6) is 5.75 Å². The van der Waals surface area contributed by atoms with Crippen LogP contribution in [0.3, 0.4) is 0 Å². The number of ether oxygens (including phenoxy) is 1. The van der Waals surface area contributed by atoms with E-state index in [0.717, 1.165) is 29.4 Å². The summed E-state index contributed by atoms with van der Waals surface area (Å²) in [5.74, 6) is 0.408. The van der Waals surface area contributed by atoms with Crippen LogP contribution < -0.4 is 4.74 Å². The fraction of sp³-hybridized carbons (Fsp3) is 0.167. The molecule has 1 aromatic heterocycles. The zero-order valence-electron chi connectivity index (χ0n) is 16.0. The molecule has 4 rings (SSSR count). The number of hydrogen-bond donors (Lipinski definition) is 1. The second-order valence-corrected chi connectivity index (χ2v) is 6.84. The van der Waals surface area contributed by atoms with Gasteiger partial charge in [-0.05, 0) is 42.7 Å². The summed E-state index contributed by atoms with van der Waals surface area (Å²) in [5, 5.41) is 9.39. The van der Waals surface area contributed by atoms with Crippen molar-refractivity contribution in [3.05, 3.63) is 84.4 Å². The molecule has 0 amide bonds. The molecule has 3 aromatic carbocycles. The molecule has 29 heavy (non-hydrogen) atoms. The van der Waals surface area contributed by atoms with Crippen molar-refractivity contribution in [3.8, 4) is 17.1 Å². The van der Waals surface area contributed by atoms with Gasteiger partial charge in [0, 0.05) is 0 Å². The number of hydrogen-bond acceptors (Lipinski definition) is 3. The molecular formula is C24H22N2O3. The molecule has 1 N–H and O–H groups in total. The Morgan fingerprint density at radius 3 is 2.48 bits per heavy atom. The first-order valence-electron chi connectivity index (χ1n) is 9.65. The lowest BCUT2D eigenvalue weighted by Gasteiger charge is -2.12. The largest absolute Gasteiger partial charge is 0.493 e. The number of benzene rings is 3. The fourth-order valence-electron chi connectivity index (χ4n) is 3.46. The maximum Gasteiger partial charge on any atom is 0.323 e. The van der Waals surface area contributed by atoms with Crippen LogP contribution in [0.1, 0.15) is 12.0 Å². The molecule has 0 radical (unpaired) electrons. The van der Waals surface area contributed by atoms with Gasteiger partial charge in [0.2, 0.25) is 0 Å². The van der Waals surface area contributed by atoms with Gasteiger partial charge in [0.15, 0.2) is 0 Å². The van der Waals surface area contributed by atoms with Gasteiger partial charge in [-0.1, -0.05) is 54.6 Å². The van der Waals surface area contributed by atoms with Crippen molar-refractivity contribution in [2.75, 3.05) is 6.61 Å². The number of aromatic nitrogens is 2. The van der Waals surface area contributed by atoms with Gasteiger partial charge < -0.3 is 14.4 Å². The number of carbonyl (C=O) groups is 1. The maximum atomic E-state index is 11.4. The maximum absolute atomic E-state index is 11.4. The number of rotatable bonds is 8. The molecule has 0 saturated carbocycles. The molecule has 0 atom stereocenters. The minimum Gasteiger partial charge on any atom is -0.493 e. The van der Waals surface area contributed by atoms with Crippen molar-refractivity contribution < 1.29 is 14.6 Å². The summed E-state index contributed by atoms with van der Waals surface area (Å²) in [5.41, 5.74) is 3.64. The van der Waals surface area contributed by atoms with Crippen molar-refractivity contribution in [1.29, 1.82) is 0 Å². The van der Waals surface area contributed by atoms with E-state index in [4.69, 9.17) is 9.72 Å². The number of nitrogens with zero attached hydrogens (tertiary/aromatic N) is 2. The molecular weight excluding hydrogens is 364 g/mol. The van der Waals surface area contributed by atoms with Crippen LogP contribution in [0.4, 0.5) is 0 Å². The Morgan fingerprint density at radius 2 is 1.66 bits per heavy atom. The lowest BCUT2D eigenvalue weighted by Crippen LogP contribution is -2.10. The summed E-state index contributed by atoms with van der Waals surface area (Å²) in [7, 11) is 0. The Bertz CT molecular complexity index is 1120. The van der Waals surface area contributed by atoms with E-state index in [0.29, 0.717) is 18.2 Å². The van der Waals surface area contributed by atoms with Gasteiger partial charge in [-0.25, -0.2) is 4.98 Å². The molecule has 146 valence electrons. The highest BCUT2D eigenvalue weighted by Gasteiger charge is 2.17. The number of carboxylic acids is 1. The second kappa shape index (κ2) is 8.61. The van der Waals surface area contributed by atoms with Gasteiger partial charge in [0.05, 0.1) is 23.2 Å². The van der Waals surface area contributed by atoms with E-state index in [9.17, 15) is 9.90 Å². The van der Waals surface area contributed by atoms with Gasteiger partial charge in [-0.2, -0.15) is 0 Å². The highest BCUT2D eigenvalue weighted by Crippen LogP contribution is 2.32. The minimum absolute atomic E-state index is 0.155. The predicted octanol–water partition coefficient (Wildman–Crippen LogP) is 4.80. The zero-order chi connectivity index (χ0) is 20.1. The summed E-state index contributed by atoms with van der Waals surface area (Å²) in [4.78, 5) is 16.1. The van der Waals surface area contributed by atoms with Gasteiger partial charge in [0.1, 0.15) is 18.1 Å². The van der Waals surface area contributed by atoms with Gasteiger partial charge >= 0.3 is 5.97 Å². The van der Waals surface area contributed by atoms with E-state index >= 15 is 0 Å². The average Bonchev–Trinajstić information content (AvgIpc) is 3.10. The first-order chi connectivity index (χ1) is 14.2. The molecule has 5 nitrogen and oxygen atoms in total. The van der Waals surface area contributed by atoms with Crippen molar-refractivity contribution in [3.63, 3.8) is 0 Å². The third kappa shape index (κ3) is 4.29. The summed E-state index contributed by atoms with van der Waals surface area (Å²) >= 11 is 0. The number of imidazole rings is 1. The number of aryl methyl sites for hydroxylation is 1. The highest BCUT2D eigenvalue weighted by atomic mass is 16.5. The van der Waals surface area contributed by atoms with Gasteiger partial charge in [-0.15, -0.1) is 0 Å². The van der Waals surface area contributed by atoms with Gasteiger partial charge in [-0.3, -0.25) is 4.79 Å². The van der Waals surface area contributed by atoms with Crippen LogP contribution in [-0.2, 0) is 17.8 Å². The quantitative estimate of drug-likeness (QED) is 0.442. The summed E-state index contributed by atoms with van der Waals surface area (Å²) < 4.78 is 7.79. The molecule has 1 heterocycles. The van der Waals surface area contributed by atoms with Crippen molar-refractivity contribution in [2.24, 2.45) is 0 Å². The number of aliphatic carboxylic acids is 1. The summed E-state index contributed by atoms with van der Waals surface area (Å²) in [6.45, 7) is 0.420. The normalized spacial score (nSPS) is 10.9. The third-order valence-electron chi connectivity index (χ3n) is 4.79. The van der Waals surface area contributed by atoms with Crippen LogP contribution in [0.25, 0.3) is 22.4 Å². The Hall–Kier alpha value is -3.60. The molecule has 0 aliphatic carbocycles. The summed E-state index contributed by atoms with van der Waals surface area (Å²) in [6.07, 6.45) is 1.84. The van der Waals surface area contributed by atoms with Crippen LogP contribution in [-0.4, -0.2) is 27.2 Å². The van der Waals surface area contributed by atoms with Crippen molar-refractivity contribution in [2.45, 2.75) is 19.4 Å². The van der Waals surface area contributed by atoms with E-state index in [2.05, 4.69) is 12.1 Å². The van der Waals surface area contributed by atoms with E-state index in [1.54, 1.807) is 4.57 Å². The molecule has 4 aromatic rings. The molecule has 5 heteroatoms. The van der Waals surface area contributed by atoms with E-state index in [1.165, 1.54) is 5.56 Å². The molecule has 0 spiro atoms. The molecule has 0 aliphatic heterocycles. The molecule has 0 bridgehead atoms. The smallest absolute Gasteiger partial charge is 0.323 e. The van der Waals surface area contributed by atoms with Crippen molar-refractivity contribution >= 4 is 17.0 Å². The molecule has 0 unspecified atom stereocenters. The second-order valence-electron chi connectivity index (χ2n) is 6.84. The SMILES string of the molecule is O=C(O)Cn1c(-c2ccccc2OCCCc2ccccc2)nc2ccccc21. The van der Waals surface area contributed by atoms with E-state index in [-0.39, 0.29) is 6.54 Å². The lowest BCUT2D eigenvalue weighted by atomic mass is 10.1. The first-order valence-corrected chi connectivity index (χ1v) is 9.65. The van der Waals surface area contributed by atoms with E-state index in [1.807, 2.05) is 66.7 Å². The van der Waals surface area contributed by atoms with Crippen molar-refractivity contribution in [1.82, 2.24) is 9.55 Å². The highest BCUT2D eigenvalue weighted by molar-refractivity contribution is 5.84. The van der Waals surface area contributed by atoms with Crippen LogP contribution in [0.2, 0.25) is 0 Å². The average molecular weight is 386 g/mol. The fourth-order valence-corrected chi connectivity index (χ4v) is 3.46. The monoisotopic (exact) mass is 386 g/mol. The summed E-state index contributed by atoms with van der Waals surface area (Å²) in [6, 6.07) is 25.5. The molecule has 0 saturated heterocycles. The van der Waals surface area contributed by atoms with Crippen LogP contribution >= 0.6 is 0 Å². The number of carboxylic acid groups (broad SMARTS) is 1. The standard InChI is InChI=1S/C24H22N2O3/c27-23(28)17-26-21-14-6-5-13-20(21)25-24(26)19-12-4-7-15-22(19)29-16-8-11-18-9-2-1-3-10-18/h1-7,9-10,12-15H,8,11,16-17H2,(H,27,28). The number of para-hydroxylation sites is 3. The minimum atomic E-state index is -0.907. The van der Waals surface area contributed by atoms with Crippen LogP contribution in [0, 0.1) is 0 Å². The van der Waals surface area contributed by atoms with Gasteiger partial charge in [0.25, 0.3) is 0 Å². The third-order valence-corrected chi connectivity index (χ3v) is 4.79. The Morgan fingerprint density at radius 1 is 0.931 bits per heavy atom. The lowest BCUT2D eigenvalue weighted by molar-refractivity contribution is -0.137. The van der Waals surface area contributed by atoms with E-state index < -0.39 is 5.97 Å². The molecule has 0 aliphatic rings.